The maximum atomic E-state index is 3.78. The molecule has 3 unspecified atom stereocenters. The van der Waals surface area contributed by atoms with Crippen LogP contribution in [0.15, 0.2) is 12.2 Å². The molecule has 2 bridgehead atoms. The van der Waals surface area contributed by atoms with Crippen molar-refractivity contribution in [1.29, 1.82) is 0 Å². The molecule has 2 heteroatoms. The predicted molar refractivity (Wildman–Crippen MR) is 76.6 cm³/mol. The fraction of sp³-hybridized carbons (Fsp3) is 0.875. The van der Waals surface area contributed by atoms with Crippen LogP contribution >= 0.6 is 0 Å². The normalized spacial score (nSPS) is 38.4. The van der Waals surface area contributed by atoms with Gasteiger partial charge in [0.25, 0.3) is 0 Å². The van der Waals surface area contributed by atoms with E-state index >= 15 is 0 Å². The van der Waals surface area contributed by atoms with Crippen LogP contribution < -0.4 is 5.32 Å². The second kappa shape index (κ2) is 4.97. The van der Waals surface area contributed by atoms with Gasteiger partial charge < -0.3 is 10.2 Å². The van der Waals surface area contributed by atoms with Gasteiger partial charge in [0, 0.05) is 6.54 Å². The van der Waals surface area contributed by atoms with Crippen molar-refractivity contribution in [1.82, 2.24) is 10.2 Å². The van der Waals surface area contributed by atoms with E-state index in [2.05, 4.69) is 36.3 Å². The summed E-state index contributed by atoms with van der Waals surface area (Å²) in [5.74, 6) is 2.74. The number of allylic oxidation sites excluding steroid dienone is 2. The molecule has 1 saturated carbocycles. The third kappa shape index (κ3) is 2.65. The summed E-state index contributed by atoms with van der Waals surface area (Å²) in [6.07, 6.45) is 10.5. The van der Waals surface area contributed by atoms with E-state index in [0.29, 0.717) is 5.41 Å². The number of nitrogens with zero attached hydrogens (tertiary/aromatic N) is 1. The first-order valence-electron chi connectivity index (χ1n) is 7.72. The molecule has 0 amide bonds. The molecule has 3 aliphatic rings. The summed E-state index contributed by atoms with van der Waals surface area (Å²) in [5, 5.41) is 3.78. The molecule has 1 heterocycles. The van der Waals surface area contributed by atoms with Crippen LogP contribution in [0.5, 0.6) is 0 Å². The third-order valence-corrected chi connectivity index (χ3v) is 5.57. The van der Waals surface area contributed by atoms with Gasteiger partial charge in [-0.05, 0) is 75.5 Å². The van der Waals surface area contributed by atoms with E-state index in [1.165, 1.54) is 51.9 Å². The van der Waals surface area contributed by atoms with Crippen LogP contribution in [0.2, 0.25) is 0 Å². The summed E-state index contributed by atoms with van der Waals surface area (Å²) in [5.41, 5.74) is 0.542. The number of piperidine rings is 1. The molecule has 0 aromatic carbocycles. The average molecular weight is 248 g/mol. The summed E-state index contributed by atoms with van der Waals surface area (Å²) >= 11 is 0. The largest absolute Gasteiger partial charge is 0.316 e. The molecule has 2 nitrogen and oxygen atoms in total. The lowest BCUT2D eigenvalue weighted by molar-refractivity contribution is 0.135. The average Bonchev–Trinajstić information content (AvgIpc) is 2.96. The number of hydrogen-bond donors (Lipinski definition) is 1. The van der Waals surface area contributed by atoms with Crippen LogP contribution in [0.4, 0.5) is 0 Å². The summed E-state index contributed by atoms with van der Waals surface area (Å²) in [4.78, 5) is 2.46. The first-order valence-corrected chi connectivity index (χ1v) is 7.72. The highest BCUT2D eigenvalue weighted by molar-refractivity contribution is 5.10. The second-order valence-electron chi connectivity index (χ2n) is 7.29. The number of nitrogens with one attached hydrogen (secondary N) is 1. The Morgan fingerprint density at radius 3 is 2.61 bits per heavy atom. The molecule has 3 rings (SSSR count). The summed E-state index contributed by atoms with van der Waals surface area (Å²) < 4.78 is 0. The van der Waals surface area contributed by atoms with Crippen molar-refractivity contribution >= 4 is 0 Å². The minimum Gasteiger partial charge on any atom is -0.316 e. The first kappa shape index (κ1) is 12.7. The van der Waals surface area contributed by atoms with Gasteiger partial charge >= 0.3 is 0 Å². The molecule has 1 N–H and O–H groups in total. The lowest BCUT2D eigenvalue weighted by Crippen LogP contribution is -2.43. The van der Waals surface area contributed by atoms with Crippen LogP contribution in [0, 0.1) is 23.2 Å². The van der Waals surface area contributed by atoms with E-state index in [-0.39, 0.29) is 0 Å². The zero-order valence-electron chi connectivity index (χ0n) is 12.0. The van der Waals surface area contributed by atoms with Crippen LogP contribution in [0.1, 0.15) is 32.6 Å². The molecular weight excluding hydrogens is 220 g/mol. The van der Waals surface area contributed by atoms with E-state index in [4.69, 9.17) is 0 Å². The van der Waals surface area contributed by atoms with Crippen molar-refractivity contribution in [3.8, 4) is 0 Å². The number of likely N-dealkylation sites (tertiary alicyclic amines) is 1. The van der Waals surface area contributed by atoms with Crippen molar-refractivity contribution < 1.29 is 0 Å². The Morgan fingerprint density at radius 2 is 2.00 bits per heavy atom. The lowest BCUT2D eigenvalue weighted by Gasteiger charge is -2.38. The van der Waals surface area contributed by atoms with Gasteiger partial charge in [0.15, 0.2) is 0 Å². The van der Waals surface area contributed by atoms with Crippen molar-refractivity contribution in [2.75, 3.05) is 33.2 Å². The number of rotatable bonds is 4. The van der Waals surface area contributed by atoms with Crippen LogP contribution in [0.3, 0.4) is 0 Å². The monoisotopic (exact) mass is 248 g/mol. The van der Waals surface area contributed by atoms with E-state index < -0.39 is 0 Å². The number of fused-ring (bicyclic) bond motifs is 2. The molecule has 2 fully saturated rings. The van der Waals surface area contributed by atoms with Crippen molar-refractivity contribution in [3.63, 3.8) is 0 Å². The van der Waals surface area contributed by atoms with Gasteiger partial charge in [0.1, 0.15) is 0 Å². The molecule has 0 radical (unpaired) electrons. The Labute approximate surface area is 112 Å². The second-order valence-corrected chi connectivity index (χ2v) is 7.29. The van der Waals surface area contributed by atoms with Crippen LogP contribution in [0.25, 0.3) is 0 Å². The Balaban J connectivity index is 1.41. The van der Waals surface area contributed by atoms with Crippen molar-refractivity contribution in [3.05, 3.63) is 12.2 Å². The quantitative estimate of drug-likeness (QED) is 0.769. The molecule has 18 heavy (non-hydrogen) atoms. The topological polar surface area (TPSA) is 15.3 Å². The highest BCUT2D eigenvalue weighted by Gasteiger charge is 2.35. The predicted octanol–water partition coefficient (Wildman–Crippen LogP) is 2.52. The fourth-order valence-corrected chi connectivity index (χ4v) is 4.02. The van der Waals surface area contributed by atoms with Gasteiger partial charge in [-0.2, -0.15) is 0 Å². The van der Waals surface area contributed by atoms with Gasteiger partial charge in [-0.25, -0.2) is 0 Å². The van der Waals surface area contributed by atoms with Gasteiger partial charge in [-0.1, -0.05) is 19.1 Å². The zero-order chi connectivity index (χ0) is 12.6. The third-order valence-electron chi connectivity index (χ3n) is 5.57. The van der Waals surface area contributed by atoms with Crippen LogP contribution in [-0.4, -0.2) is 38.1 Å². The maximum Gasteiger partial charge on any atom is 0.000624 e. The van der Waals surface area contributed by atoms with E-state index in [0.717, 1.165) is 17.8 Å². The van der Waals surface area contributed by atoms with E-state index in [1.807, 2.05) is 0 Å². The van der Waals surface area contributed by atoms with Gasteiger partial charge in [0.2, 0.25) is 0 Å². The molecule has 2 aliphatic carbocycles. The molecule has 0 aromatic rings. The van der Waals surface area contributed by atoms with E-state index in [9.17, 15) is 0 Å². The minimum atomic E-state index is 0.542. The van der Waals surface area contributed by atoms with Gasteiger partial charge in [-0.15, -0.1) is 0 Å². The first-order chi connectivity index (χ1) is 8.65. The number of hydrogen-bond acceptors (Lipinski definition) is 2. The standard InChI is InChI=1S/C16H28N2/c1-16(5-7-18(2)8-6-16)12-17-11-15-10-13-3-4-14(15)9-13/h3-4,13-15,17H,5-12H2,1-2H3. The highest BCUT2D eigenvalue weighted by atomic mass is 15.1. The summed E-state index contributed by atoms with van der Waals surface area (Å²) in [7, 11) is 2.24. The highest BCUT2D eigenvalue weighted by Crippen LogP contribution is 2.43. The molecule has 0 spiro atoms. The Morgan fingerprint density at radius 1 is 1.22 bits per heavy atom. The van der Waals surface area contributed by atoms with Gasteiger partial charge in [0.05, 0.1) is 0 Å². The van der Waals surface area contributed by atoms with E-state index in [1.54, 1.807) is 0 Å². The summed E-state index contributed by atoms with van der Waals surface area (Å²) in [6, 6.07) is 0. The molecule has 3 atom stereocenters. The van der Waals surface area contributed by atoms with Crippen molar-refractivity contribution in [2.24, 2.45) is 23.2 Å². The Hall–Kier alpha value is -0.340. The fourth-order valence-electron chi connectivity index (χ4n) is 4.02. The van der Waals surface area contributed by atoms with Crippen molar-refractivity contribution in [2.45, 2.75) is 32.6 Å². The molecule has 102 valence electrons. The van der Waals surface area contributed by atoms with Gasteiger partial charge in [-0.3, -0.25) is 0 Å². The summed E-state index contributed by atoms with van der Waals surface area (Å²) in [6.45, 7) is 7.48. The van der Waals surface area contributed by atoms with Crippen LogP contribution in [-0.2, 0) is 0 Å². The maximum absolute atomic E-state index is 3.78. The lowest BCUT2D eigenvalue weighted by atomic mass is 9.80. The Bertz CT molecular complexity index is 315. The molecule has 0 aromatic heterocycles. The Kier molecular flexibility index (Phi) is 3.50. The molecule has 1 aliphatic heterocycles. The smallest absolute Gasteiger partial charge is 0.000624 e. The SMILES string of the molecule is CN1CCC(C)(CNCC2CC3C=CC2C3)CC1. The molecular formula is C16H28N2. The minimum absolute atomic E-state index is 0.542. The zero-order valence-corrected chi connectivity index (χ0v) is 12.0. The molecule has 1 saturated heterocycles.